The van der Waals surface area contributed by atoms with Gasteiger partial charge in [0.1, 0.15) is 0 Å². The molecule has 0 unspecified atom stereocenters. The van der Waals surface area contributed by atoms with Gasteiger partial charge in [-0.2, -0.15) is 0 Å². The number of hydrogen-bond donors (Lipinski definition) is 3. The lowest BCUT2D eigenvalue weighted by Gasteiger charge is -2.12. The van der Waals surface area contributed by atoms with Crippen molar-refractivity contribution in [3.8, 4) is 0 Å². The maximum Gasteiger partial charge on any atom is 0.258 e. The minimum absolute atomic E-state index is 0.0333. The molecule has 3 aromatic carbocycles. The molecule has 0 spiro atoms. The monoisotopic (exact) mass is 489 g/mol. The van der Waals surface area contributed by atoms with Gasteiger partial charge in [0.2, 0.25) is 5.91 Å². The van der Waals surface area contributed by atoms with Crippen LogP contribution in [0, 0.1) is 3.57 Å². The third kappa shape index (κ3) is 5.01. The molecule has 0 saturated heterocycles. The Hall–Kier alpha value is -2.52. The second-order valence-electron chi connectivity index (χ2n) is 5.75. The van der Waals surface area contributed by atoms with Gasteiger partial charge in [0.15, 0.2) is 5.11 Å². The lowest BCUT2D eigenvalue weighted by Crippen LogP contribution is -2.49. The van der Waals surface area contributed by atoms with Gasteiger partial charge in [0.25, 0.3) is 5.91 Å². The molecule has 5 nitrogen and oxygen atoms in total. The van der Waals surface area contributed by atoms with Crippen molar-refractivity contribution in [3.05, 3.63) is 81.4 Å². The number of hydrogen-bond acceptors (Lipinski definition) is 3. The molecule has 0 radical (unpaired) electrons. The number of nitrogens with one attached hydrogen (secondary N) is 3. The van der Waals surface area contributed by atoms with Crippen LogP contribution in [0.1, 0.15) is 15.9 Å². The Morgan fingerprint density at radius 3 is 2.41 bits per heavy atom. The molecule has 27 heavy (non-hydrogen) atoms. The van der Waals surface area contributed by atoms with Crippen LogP contribution >= 0.6 is 34.8 Å². The normalized spacial score (nSPS) is 10.3. The highest BCUT2D eigenvalue weighted by Gasteiger charge is 2.12. The molecule has 0 aliphatic heterocycles. The van der Waals surface area contributed by atoms with Crippen molar-refractivity contribution >= 4 is 62.5 Å². The van der Waals surface area contributed by atoms with Gasteiger partial charge in [-0.3, -0.25) is 25.8 Å². The highest BCUT2D eigenvalue weighted by atomic mass is 127. The zero-order chi connectivity index (χ0) is 19.2. The molecule has 0 atom stereocenters. The summed E-state index contributed by atoms with van der Waals surface area (Å²) in [5, 5.41) is 4.69. The fourth-order valence-corrected chi connectivity index (χ4v) is 3.41. The van der Waals surface area contributed by atoms with E-state index in [1.54, 1.807) is 12.1 Å². The predicted octanol–water partition coefficient (Wildman–Crippen LogP) is 3.32. The summed E-state index contributed by atoms with van der Waals surface area (Å²) in [6.07, 6.45) is 0.196. The summed E-state index contributed by atoms with van der Waals surface area (Å²) >= 11 is 7.15. The fraction of sp³-hybridized carbons (Fsp3) is 0.0500. The quantitative estimate of drug-likeness (QED) is 0.300. The molecule has 7 heteroatoms. The number of amides is 2. The van der Waals surface area contributed by atoms with Gasteiger partial charge in [-0.15, -0.1) is 0 Å². The first-order valence-corrected chi connectivity index (χ1v) is 9.64. The third-order valence-corrected chi connectivity index (χ3v) is 5.04. The lowest BCUT2D eigenvalue weighted by atomic mass is 10.0. The molecule has 0 heterocycles. The summed E-state index contributed by atoms with van der Waals surface area (Å²) in [6.45, 7) is 0. The minimum atomic E-state index is -0.333. The largest absolute Gasteiger partial charge is 0.298 e. The van der Waals surface area contributed by atoms with E-state index < -0.39 is 0 Å². The van der Waals surface area contributed by atoms with Crippen LogP contribution in [0.3, 0.4) is 0 Å². The van der Waals surface area contributed by atoms with Crippen molar-refractivity contribution in [1.29, 1.82) is 0 Å². The van der Waals surface area contributed by atoms with E-state index in [2.05, 4.69) is 38.8 Å². The van der Waals surface area contributed by atoms with Gasteiger partial charge in [-0.1, -0.05) is 54.6 Å². The minimum Gasteiger partial charge on any atom is -0.298 e. The predicted molar refractivity (Wildman–Crippen MR) is 118 cm³/mol. The Morgan fingerprint density at radius 1 is 0.889 bits per heavy atom. The standard InChI is InChI=1S/C20H16IN3O2S/c21-17-11-4-3-10-16(17)19(26)22-20(27)24-23-18(25)12-14-8-5-7-13-6-1-2-9-15(13)14/h1-11H,12H2,(H,23,25)(H2,22,24,26,27). The molecule has 0 bridgehead atoms. The van der Waals surface area contributed by atoms with Gasteiger partial charge >= 0.3 is 0 Å². The summed E-state index contributed by atoms with van der Waals surface area (Å²) in [5.41, 5.74) is 6.52. The number of benzene rings is 3. The maximum absolute atomic E-state index is 12.2. The summed E-state index contributed by atoms with van der Waals surface area (Å²) in [7, 11) is 0. The van der Waals surface area contributed by atoms with Crippen LogP contribution in [0.15, 0.2) is 66.7 Å². The van der Waals surface area contributed by atoms with Crippen LogP contribution in [-0.4, -0.2) is 16.9 Å². The van der Waals surface area contributed by atoms with Crippen molar-refractivity contribution in [1.82, 2.24) is 16.2 Å². The molecular formula is C20H16IN3O2S. The maximum atomic E-state index is 12.2. The molecule has 0 aliphatic carbocycles. The molecule has 3 aromatic rings. The van der Waals surface area contributed by atoms with Crippen LogP contribution in [0.5, 0.6) is 0 Å². The second kappa shape index (κ2) is 8.92. The first kappa shape index (κ1) is 19.2. The Kier molecular flexibility index (Phi) is 6.36. The molecule has 136 valence electrons. The second-order valence-corrected chi connectivity index (χ2v) is 7.32. The Bertz CT molecular complexity index is 1020. The fourth-order valence-electron chi connectivity index (χ4n) is 2.64. The Labute approximate surface area is 175 Å². The van der Waals surface area contributed by atoms with Crippen LogP contribution in [-0.2, 0) is 11.2 Å². The summed E-state index contributed by atoms with van der Waals surface area (Å²) < 4.78 is 0.815. The number of carbonyl (C=O) groups is 2. The van der Waals surface area contributed by atoms with Crippen molar-refractivity contribution < 1.29 is 9.59 Å². The van der Waals surface area contributed by atoms with E-state index in [-0.39, 0.29) is 23.3 Å². The molecular weight excluding hydrogens is 473 g/mol. The SMILES string of the molecule is O=C(Cc1cccc2ccccc12)NNC(=S)NC(=O)c1ccccc1I. The van der Waals surface area contributed by atoms with Gasteiger partial charge in [0, 0.05) is 3.57 Å². The van der Waals surface area contributed by atoms with Crippen molar-refractivity contribution in [3.63, 3.8) is 0 Å². The Morgan fingerprint density at radius 2 is 1.59 bits per heavy atom. The van der Waals surface area contributed by atoms with E-state index in [0.29, 0.717) is 5.56 Å². The molecule has 2 amide bonds. The van der Waals surface area contributed by atoms with Crippen LogP contribution in [0.4, 0.5) is 0 Å². The van der Waals surface area contributed by atoms with Crippen molar-refractivity contribution in [2.24, 2.45) is 0 Å². The third-order valence-electron chi connectivity index (χ3n) is 3.89. The smallest absolute Gasteiger partial charge is 0.258 e. The van der Waals surface area contributed by atoms with Crippen LogP contribution < -0.4 is 16.2 Å². The van der Waals surface area contributed by atoms with E-state index in [1.807, 2.05) is 54.6 Å². The highest BCUT2D eigenvalue weighted by Crippen LogP contribution is 2.18. The zero-order valence-electron chi connectivity index (χ0n) is 14.2. The lowest BCUT2D eigenvalue weighted by molar-refractivity contribution is -0.121. The molecule has 3 rings (SSSR count). The van der Waals surface area contributed by atoms with Crippen molar-refractivity contribution in [2.45, 2.75) is 6.42 Å². The number of rotatable bonds is 3. The van der Waals surface area contributed by atoms with Gasteiger partial charge in [-0.05, 0) is 63.3 Å². The first-order chi connectivity index (χ1) is 13.0. The van der Waals surface area contributed by atoms with E-state index in [4.69, 9.17) is 12.2 Å². The highest BCUT2D eigenvalue weighted by molar-refractivity contribution is 14.1. The van der Waals surface area contributed by atoms with E-state index in [0.717, 1.165) is 19.9 Å². The number of fused-ring (bicyclic) bond motifs is 1. The van der Waals surface area contributed by atoms with Gasteiger partial charge in [-0.25, -0.2) is 0 Å². The summed E-state index contributed by atoms with van der Waals surface area (Å²) in [6, 6.07) is 20.9. The number of thiocarbonyl (C=S) groups is 1. The van der Waals surface area contributed by atoms with Gasteiger partial charge in [0.05, 0.1) is 12.0 Å². The van der Waals surface area contributed by atoms with Gasteiger partial charge < -0.3 is 0 Å². The number of hydrazine groups is 1. The van der Waals surface area contributed by atoms with Crippen LogP contribution in [0.25, 0.3) is 10.8 Å². The number of halogens is 1. The average molecular weight is 489 g/mol. The van der Waals surface area contributed by atoms with Crippen molar-refractivity contribution in [2.75, 3.05) is 0 Å². The zero-order valence-corrected chi connectivity index (χ0v) is 17.1. The molecule has 0 aliphatic rings. The molecule has 0 saturated carbocycles. The molecule has 3 N–H and O–H groups in total. The first-order valence-electron chi connectivity index (χ1n) is 8.16. The summed E-state index contributed by atoms with van der Waals surface area (Å²) in [4.78, 5) is 24.4. The van der Waals surface area contributed by atoms with E-state index >= 15 is 0 Å². The van der Waals surface area contributed by atoms with Crippen LogP contribution in [0.2, 0.25) is 0 Å². The summed E-state index contributed by atoms with van der Waals surface area (Å²) in [5.74, 6) is -0.585. The number of carbonyl (C=O) groups excluding carboxylic acids is 2. The molecule has 0 aromatic heterocycles. The Balaban J connectivity index is 1.55. The average Bonchev–Trinajstić information content (AvgIpc) is 2.67. The van der Waals surface area contributed by atoms with E-state index in [1.165, 1.54) is 0 Å². The topological polar surface area (TPSA) is 70.2 Å². The van der Waals surface area contributed by atoms with E-state index in [9.17, 15) is 9.59 Å². The molecule has 0 fully saturated rings.